The Kier molecular flexibility index (Phi) is 5.98. The molecular weight excluding hydrogens is 512 g/mol. The van der Waals surface area contributed by atoms with Gasteiger partial charge in [-0.2, -0.15) is 5.10 Å². The molecule has 5 aromatic heterocycles. The van der Waals surface area contributed by atoms with Crippen molar-refractivity contribution in [3.8, 4) is 33.1 Å². The molecule has 0 spiro atoms. The number of pyridine rings is 2. The van der Waals surface area contributed by atoms with E-state index in [2.05, 4.69) is 93.6 Å². The number of fused-ring (bicyclic) bond motifs is 2. The van der Waals surface area contributed by atoms with Gasteiger partial charge in [-0.15, -0.1) is 11.3 Å². The fourth-order valence-electron chi connectivity index (χ4n) is 5.10. The van der Waals surface area contributed by atoms with Crippen LogP contribution in [0.2, 0.25) is 0 Å². The van der Waals surface area contributed by atoms with Crippen molar-refractivity contribution in [1.82, 2.24) is 25.1 Å². The minimum atomic E-state index is 0.753. The largest absolute Gasteiger partial charge is 0.358 e. The lowest BCUT2D eigenvalue weighted by Crippen LogP contribution is -2.02. The molecule has 194 valence electrons. The van der Waals surface area contributed by atoms with Crippen LogP contribution in [0.4, 0.5) is 5.69 Å². The Hall–Kier alpha value is -5.01. The summed E-state index contributed by atoms with van der Waals surface area (Å²) in [6.45, 7) is 6.33. The highest BCUT2D eigenvalue weighted by Gasteiger charge is 2.16. The number of thiophene rings is 1. The van der Waals surface area contributed by atoms with E-state index in [0.717, 1.165) is 72.7 Å². The highest BCUT2D eigenvalue weighted by Crippen LogP contribution is 2.36. The van der Waals surface area contributed by atoms with E-state index in [0.29, 0.717) is 0 Å². The van der Waals surface area contributed by atoms with Crippen LogP contribution in [-0.4, -0.2) is 25.1 Å². The van der Waals surface area contributed by atoms with Crippen LogP contribution in [0, 0.1) is 6.92 Å². The molecule has 40 heavy (non-hydrogen) atoms. The van der Waals surface area contributed by atoms with Crippen LogP contribution >= 0.6 is 11.3 Å². The van der Waals surface area contributed by atoms with Gasteiger partial charge < -0.3 is 10.3 Å². The number of allylic oxidation sites excluding steroid dienone is 1. The molecule has 0 fully saturated rings. The smallest absolute Gasteiger partial charge is 0.116 e. The number of aromatic amines is 2. The van der Waals surface area contributed by atoms with Gasteiger partial charge in [0.25, 0.3) is 0 Å². The van der Waals surface area contributed by atoms with Crippen LogP contribution in [0.3, 0.4) is 0 Å². The summed E-state index contributed by atoms with van der Waals surface area (Å²) < 4.78 is 0. The number of anilines is 1. The maximum Gasteiger partial charge on any atom is 0.116 e. The zero-order valence-electron chi connectivity index (χ0n) is 21.9. The first-order chi connectivity index (χ1) is 19.6. The van der Waals surface area contributed by atoms with Gasteiger partial charge >= 0.3 is 0 Å². The third kappa shape index (κ3) is 4.57. The summed E-state index contributed by atoms with van der Waals surface area (Å²) in [6.07, 6.45) is 6.32. The molecule has 0 aliphatic rings. The Morgan fingerprint density at radius 3 is 2.60 bits per heavy atom. The van der Waals surface area contributed by atoms with Gasteiger partial charge in [0, 0.05) is 51.2 Å². The fraction of sp³-hybridized carbons (Fsp3) is 0.0606. The molecule has 7 heteroatoms. The molecule has 0 saturated carbocycles. The highest BCUT2D eigenvalue weighted by atomic mass is 32.1. The number of aryl methyl sites for hydroxylation is 1. The molecule has 0 aliphatic heterocycles. The summed E-state index contributed by atoms with van der Waals surface area (Å²) in [7, 11) is 0. The number of nitrogens with zero attached hydrogens (tertiary/aromatic N) is 3. The third-order valence-electron chi connectivity index (χ3n) is 6.99. The van der Waals surface area contributed by atoms with Gasteiger partial charge in [0.1, 0.15) is 5.69 Å². The lowest BCUT2D eigenvalue weighted by atomic mass is 10.0. The van der Waals surface area contributed by atoms with Gasteiger partial charge in [-0.3, -0.25) is 15.1 Å². The summed E-state index contributed by atoms with van der Waals surface area (Å²) >= 11 is 1.75. The summed E-state index contributed by atoms with van der Waals surface area (Å²) in [6, 6.07) is 27.2. The van der Waals surface area contributed by atoms with E-state index in [4.69, 9.17) is 4.98 Å². The monoisotopic (exact) mass is 538 g/mol. The van der Waals surface area contributed by atoms with Gasteiger partial charge in [-0.05, 0) is 60.5 Å². The van der Waals surface area contributed by atoms with E-state index in [1.807, 2.05) is 42.9 Å². The van der Waals surface area contributed by atoms with E-state index in [-0.39, 0.29) is 0 Å². The number of rotatable bonds is 7. The van der Waals surface area contributed by atoms with E-state index in [1.54, 1.807) is 11.3 Å². The lowest BCUT2D eigenvalue weighted by Gasteiger charge is -2.11. The second-order valence-electron chi connectivity index (χ2n) is 9.90. The Balaban J connectivity index is 1.21. The Bertz CT molecular complexity index is 2000. The van der Waals surface area contributed by atoms with Crippen molar-refractivity contribution in [2.45, 2.75) is 13.3 Å². The van der Waals surface area contributed by atoms with Crippen molar-refractivity contribution in [2.24, 2.45) is 0 Å². The average molecular weight is 539 g/mol. The van der Waals surface area contributed by atoms with Crippen LogP contribution < -0.4 is 5.32 Å². The zero-order valence-corrected chi connectivity index (χ0v) is 22.7. The third-order valence-corrected chi connectivity index (χ3v) is 8.00. The molecule has 5 heterocycles. The molecule has 6 nitrogen and oxygen atoms in total. The predicted molar refractivity (Wildman–Crippen MR) is 165 cm³/mol. The molecule has 0 aliphatic carbocycles. The maximum atomic E-state index is 4.70. The first-order valence-corrected chi connectivity index (χ1v) is 13.9. The summed E-state index contributed by atoms with van der Waals surface area (Å²) in [5.41, 5.74) is 9.95. The zero-order chi connectivity index (χ0) is 27.1. The summed E-state index contributed by atoms with van der Waals surface area (Å²) in [5, 5.41) is 13.4. The molecule has 3 N–H and O–H groups in total. The Morgan fingerprint density at radius 2 is 1.75 bits per heavy atom. The minimum Gasteiger partial charge on any atom is -0.358 e. The lowest BCUT2D eigenvalue weighted by molar-refractivity contribution is 1.12. The Morgan fingerprint density at radius 1 is 0.875 bits per heavy atom. The van der Waals surface area contributed by atoms with E-state index in [9.17, 15) is 0 Å². The number of H-pyrrole nitrogens is 2. The van der Waals surface area contributed by atoms with Crippen LogP contribution in [0.15, 0.2) is 110 Å². The number of benzene rings is 2. The molecule has 2 aromatic carbocycles. The number of hydrogen-bond acceptors (Lipinski definition) is 5. The van der Waals surface area contributed by atoms with Gasteiger partial charge in [-0.25, -0.2) is 0 Å². The quantitative estimate of drug-likeness (QED) is 0.190. The maximum absolute atomic E-state index is 4.70. The number of hydrogen-bond donors (Lipinski definition) is 3. The molecule has 0 radical (unpaired) electrons. The second kappa shape index (κ2) is 9.94. The van der Waals surface area contributed by atoms with Crippen LogP contribution in [0.5, 0.6) is 0 Å². The van der Waals surface area contributed by atoms with Gasteiger partial charge in [0.15, 0.2) is 0 Å². The van der Waals surface area contributed by atoms with Crippen molar-refractivity contribution in [3.05, 3.63) is 120 Å². The van der Waals surface area contributed by atoms with E-state index in [1.165, 1.54) is 10.4 Å². The summed E-state index contributed by atoms with van der Waals surface area (Å²) in [5.74, 6) is 0. The van der Waals surface area contributed by atoms with Gasteiger partial charge in [0.05, 0.1) is 33.7 Å². The van der Waals surface area contributed by atoms with Crippen molar-refractivity contribution in [1.29, 1.82) is 0 Å². The molecule has 7 aromatic rings. The van der Waals surface area contributed by atoms with E-state index >= 15 is 0 Å². The SMILES string of the molecule is C=C(Cc1ccccc1)Nc1cncc(-c2ccc3[nH]nc(-c4cc5c(-c6ccc(C)s6)nccc5[nH]4)c3c2)c1. The average Bonchev–Trinajstić information content (AvgIpc) is 3.71. The van der Waals surface area contributed by atoms with Gasteiger partial charge in [-0.1, -0.05) is 43.0 Å². The highest BCUT2D eigenvalue weighted by molar-refractivity contribution is 7.15. The minimum absolute atomic E-state index is 0.753. The number of aromatic nitrogens is 5. The fourth-order valence-corrected chi connectivity index (χ4v) is 5.97. The summed E-state index contributed by atoms with van der Waals surface area (Å²) in [4.78, 5) is 15.2. The molecular formula is C33H26N6S. The van der Waals surface area contributed by atoms with Crippen molar-refractivity contribution in [3.63, 3.8) is 0 Å². The Labute approximate surface area is 235 Å². The first-order valence-electron chi connectivity index (χ1n) is 13.1. The standard InChI is InChI=1S/C33H26N6S/c1-20(14-22-6-4-3-5-7-22)36-25-15-24(18-34-19-25)23-9-10-29-26(16-23)32(39-38-29)30-17-27-28(37-30)12-13-35-33(27)31-11-8-21(2)40-31/h3-13,15-19,36-37H,1,14H2,2H3,(H,38,39). The van der Waals surface area contributed by atoms with Crippen molar-refractivity contribution >= 4 is 38.8 Å². The first kappa shape index (κ1) is 24.1. The molecule has 7 rings (SSSR count). The molecule has 0 atom stereocenters. The number of nitrogens with one attached hydrogen (secondary N) is 3. The normalized spacial score (nSPS) is 11.3. The molecule has 0 amide bonds. The second-order valence-corrected chi connectivity index (χ2v) is 11.2. The topological polar surface area (TPSA) is 82.3 Å². The van der Waals surface area contributed by atoms with Gasteiger partial charge in [0.2, 0.25) is 0 Å². The molecule has 0 bridgehead atoms. The molecule has 0 saturated heterocycles. The van der Waals surface area contributed by atoms with Crippen LogP contribution in [0.1, 0.15) is 10.4 Å². The van der Waals surface area contributed by atoms with E-state index < -0.39 is 0 Å². The predicted octanol–water partition coefficient (Wildman–Crippen LogP) is 8.37. The molecule has 0 unspecified atom stereocenters. The van der Waals surface area contributed by atoms with Crippen molar-refractivity contribution < 1.29 is 0 Å². The van der Waals surface area contributed by atoms with Crippen molar-refractivity contribution in [2.75, 3.05) is 5.32 Å². The van der Waals surface area contributed by atoms with Crippen LogP contribution in [-0.2, 0) is 6.42 Å². The van der Waals surface area contributed by atoms with Crippen LogP contribution in [0.25, 0.3) is 54.9 Å².